The van der Waals surface area contributed by atoms with E-state index in [4.69, 9.17) is 18.9 Å². The van der Waals surface area contributed by atoms with Crippen LogP contribution in [0.4, 0.5) is 0 Å². The standard InChI is InChI=1S/C45H86O12S/c1-3-5-7-9-11-13-15-17-18-19-20-22-23-25-27-29-31-33-40(46)54-35-38(36-55-45-44(50)43(49)42(48)39(57-45)37-58(51,52)53)56-41(47)34-32-30-28-26-24-21-16-14-12-10-8-6-4-2/h38-39,42-45,48-50H,3-37H2,1-2H3,(H,51,52,53)/t38-,39-,42-,43?,44?,45+/m1/s1. The maximum absolute atomic E-state index is 12.8. The molecule has 2 unspecified atom stereocenters. The zero-order valence-electron chi connectivity index (χ0n) is 36.7. The second-order valence-corrected chi connectivity index (χ2v) is 18.3. The summed E-state index contributed by atoms with van der Waals surface area (Å²) in [5.74, 6) is -1.96. The Balaban J connectivity index is 2.40. The first kappa shape index (κ1) is 54.7. The van der Waals surface area contributed by atoms with Crippen molar-refractivity contribution in [1.82, 2.24) is 0 Å². The highest BCUT2D eigenvalue weighted by Crippen LogP contribution is 2.24. The Morgan fingerprint density at radius 1 is 0.517 bits per heavy atom. The topological polar surface area (TPSA) is 186 Å². The largest absolute Gasteiger partial charge is 0.462 e. The van der Waals surface area contributed by atoms with E-state index in [1.54, 1.807) is 0 Å². The third kappa shape index (κ3) is 30.6. The van der Waals surface area contributed by atoms with Gasteiger partial charge in [0.15, 0.2) is 12.4 Å². The quantitative estimate of drug-likeness (QED) is 0.0260. The van der Waals surface area contributed by atoms with Crippen LogP contribution in [0.15, 0.2) is 0 Å². The van der Waals surface area contributed by atoms with Gasteiger partial charge in [0.25, 0.3) is 10.1 Å². The number of esters is 2. The number of rotatable bonds is 40. The Hall–Kier alpha value is -1.35. The van der Waals surface area contributed by atoms with Crippen molar-refractivity contribution in [3.05, 3.63) is 0 Å². The smallest absolute Gasteiger partial charge is 0.306 e. The molecule has 0 aliphatic carbocycles. The van der Waals surface area contributed by atoms with E-state index in [1.807, 2.05) is 0 Å². The number of hydrogen-bond acceptors (Lipinski definition) is 11. The third-order valence-electron chi connectivity index (χ3n) is 11.2. The lowest BCUT2D eigenvalue weighted by Gasteiger charge is -2.40. The number of aliphatic hydroxyl groups is 3. The van der Waals surface area contributed by atoms with E-state index in [9.17, 15) is 37.9 Å². The van der Waals surface area contributed by atoms with E-state index >= 15 is 0 Å². The summed E-state index contributed by atoms with van der Waals surface area (Å²) in [4.78, 5) is 25.4. The van der Waals surface area contributed by atoms with Crippen molar-refractivity contribution < 1.29 is 56.8 Å². The second-order valence-electron chi connectivity index (χ2n) is 16.8. The van der Waals surface area contributed by atoms with Crippen LogP contribution in [0.2, 0.25) is 0 Å². The minimum Gasteiger partial charge on any atom is -0.462 e. The van der Waals surface area contributed by atoms with Gasteiger partial charge >= 0.3 is 11.9 Å². The summed E-state index contributed by atoms with van der Waals surface area (Å²) in [6, 6.07) is 0. The normalized spacial score (nSPS) is 20.3. The molecule has 344 valence electrons. The lowest BCUT2D eigenvalue weighted by Crippen LogP contribution is -2.60. The fourth-order valence-corrected chi connectivity index (χ4v) is 8.19. The van der Waals surface area contributed by atoms with E-state index in [0.29, 0.717) is 12.8 Å². The molecule has 0 radical (unpaired) electrons. The molecule has 0 aromatic carbocycles. The van der Waals surface area contributed by atoms with Gasteiger partial charge in [-0.15, -0.1) is 0 Å². The van der Waals surface area contributed by atoms with Gasteiger partial charge in [-0.25, -0.2) is 0 Å². The SMILES string of the molecule is CCCCCCCCCCCCCCCCCCCC(=O)OC[C@H](CO[C@H]1O[C@H](CS(=O)(=O)O)[C@@H](O)C(O)C1O)OC(=O)CCCCCCCCCCCCCCC. The van der Waals surface area contributed by atoms with Gasteiger partial charge < -0.3 is 34.3 Å². The minimum atomic E-state index is -4.60. The Labute approximate surface area is 353 Å². The van der Waals surface area contributed by atoms with E-state index in [-0.39, 0.29) is 19.4 Å². The maximum atomic E-state index is 12.8. The molecule has 4 N–H and O–H groups in total. The highest BCUT2D eigenvalue weighted by atomic mass is 32.2. The molecule has 1 aliphatic rings. The van der Waals surface area contributed by atoms with Gasteiger partial charge in [0.1, 0.15) is 36.8 Å². The molecule has 0 saturated carbocycles. The van der Waals surface area contributed by atoms with Crippen LogP contribution in [0.25, 0.3) is 0 Å². The van der Waals surface area contributed by atoms with Gasteiger partial charge in [-0.05, 0) is 12.8 Å². The average Bonchev–Trinajstić information content (AvgIpc) is 3.18. The Morgan fingerprint density at radius 3 is 1.26 bits per heavy atom. The lowest BCUT2D eigenvalue weighted by atomic mass is 10.00. The Bertz CT molecular complexity index is 1090. The van der Waals surface area contributed by atoms with E-state index in [1.165, 1.54) is 141 Å². The minimum absolute atomic E-state index is 0.172. The molecule has 0 aromatic heterocycles. The van der Waals surface area contributed by atoms with Gasteiger partial charge in [0, 0.05) is 12.8 Å². The Kier molecular flexibility index (Phi) is 34.2. The van der Waals surface area contributed by atoms with Crippen LogP contribution < -0.4 is 0 Å². The van der Waals surface area contributed by atoms with Crippen molar-refractivity contribution in [1.29, 1.82) is 0 Å². The van der Waals surface area contributed by atoms with Crippen molar-refractivity contribution in [2.24, 2.45) is 0 Å². The van der Waals surface area contributed by atoms with E-state index in [2.05, 4.69) is 13.8 Å². The van der Waals surface area contributed by atoms with Crippen LogP contribution in [0.1, 0.15) is 219 Å². The number of hydrogen-bond donors (Lipinski definition) is 4. The molecule has 6 atom stereocenters. The molecule has 0 amide bonds. The molecule has 1 rings (SSSR count). The first-order chi connectivity index (χ1) is 28.0. The van der Waals surface area contributed by atoms with E-state index < -0.39 is 71.2 Å². The molecule has 58 heavy (non-hydrogen) atoms. The van der Waals surface area contributed by atoms with Crippen LogP contribution in [0.3, 0.4) is 0 Å². The molecule has 13 heteroatoms. The predicted octanol–water partition coefficient (Wildman–Crippen LogP) is 9.68. The summed E-state index contributed by atoms with van der Waals surface area (Å²) in [5.41, 5.74) is 0. The fourth-order valence-electron chi connectivity index (χ4n) is 7.50. The lowest BCUT2D eigenvalue weighted by molar-refractivity contribution is -0.297. The highest BCUT2D eigenvalue weighted by molar-refractivity contribution is 7.85. The zero-order chi connectivity index (χ0) is 42.7. The summed E-state index contributed by atoms with van der Waals surface area (Å²) in [5, 5.41) is 30.9. The van der Waals surface area contributed by atoms with E-state index in [0.717, 1.165) is 38.5 Å². The first-order valence-electron chi connectivity index (χ1n) is 23.6. The molecule has 1 fully saturated rings. The van der Waals surface area contributed by atoms with Gasteiger partial charge in [-0.1, -0.05) is 194 Å². The molecular formula is C45H86O12S. The van der Waals surface area contributed by atoms with Crippen LogP contribution in [0.5, 0.6) is 0 Å². The van der Waals surface area contributed by atoms with Gasteiger partial charge in [-0.3, -0.25) is 14.1 Å². The number of aliphatic hydroxyl groups excluding tert-OH is 3. The number of ether oxygens (including phenoxy) is 4. The molecule has 1 aliphatic heterocycles. The van der Waals surface area contributed by atoms with Crippen LogP contribution in [0, 0.1) is 0 Å². The summed E-state index contributed by atoms with van der Waals surface area (Å²) in [7, 11) is -4.60. The van der Waals surface area contributed by atoms with Crippen molar-refractivity contribution in [3.8, 4) is 0 Å². The maximum Gasteiger partial charge on any atom is 0.306 e. The number of unbranched alkanes of at least 4 members (excludes halogenated alkanes) is 28. The molecule has 1 saturated heterocycles. The van der Waals surface area contributed by atoms with Crippen molar-refractivity contribution >= 4 is 22.1 Å². The predicted molar refractivity (Wildman–Crippen MR) is 229 cm³/mol. The Morgan fingerprint density at radius 2 is 0.879 bits per heavy atom. The van der Waals surface area contributed by atoms with Crippen LogP contribution >= 0.6 is 0 Å². The summed E-state index contributed by atoms with van der Waals surface area (Å²) in [6.07, 6.45) is 27.2. The van der Waals surface area contributed by atoms with Gasteiger partial charge in [0.2, 0.25) is 0 Å². The zero-order valence-corrected chi connectivity index (χ0v) is 37.5. The highest BCUT2D eigenvalue weighted by Gasteiger charge is 2.46. The third-order valence-corrected chi connectivity index (χ3v) is 11.9. The van der Waals surface area contributed by atoms with Gasteiger partial charge in [0.05, 0.1) is 6.61 Å². The second kappa shape index (κ2) is 36.3. The summed E-state index contributed by atoms with van der Waals surface area (Å²) >= 11 is 0. The monoisotopic (exact) mass is 851 g/mol. The van der Waals surface area contributed by atoms with Crippen LogP contribution in [-0.2, 0) is 38.7 Å². The summed E-state index contributed by atoms with van der Waals surface area (Å²) < 4.78 is 54.1. The average molecular weight is 851 g/mol. The van der Waals surface area contributed by atoms with Crippen LogP contribution in [-0.4, -0.2) is 96.0 Å². The molecule has 0 aromatic rings. The van der Waals surface area contributed by atoms with Crippen molar-refractivity contribution in [2.75, 3.05) is 19.0 Å². The summed E-state index contributed by atoms with van der Waals surface area (Å²) in [6.45, 7) is 3.78. The van der Waals surface area contributed by atoms with Crippen molar-refractivity contribution in [2.45, 2.75) is 256 Å². The molecular weight excluding hydrogens is 765 g/mol. The van der Waals surface area contributed by atoms with Gasteiger partial charge in [-0.2, -0.15) is 8.42 Å². The molecule has 12 nitrogen and oxygen atoms in total. The van der Waals surface area contributed by atoms with Crippen molar-refractivity contribution in [3.63, 3.8) is 0 Å². The number of carbonyl (C=O) groups excluding carboxylic acids is 2. The number of carbonyl (C=O) groups is 2. The first-order valence-corrected chi connectivity index (χ1v) is 25.2. The molecule has 0 spiro atoms. The molecule has 0 bridgehead atoms. The molecule has 1 heterocycles. The fraction of sp³-hybridized carbons (Fsp3) is 0.956.